The third-order valence-corrected chi connectivity index (χ3v) is 5.27. The summed E-state index contributed by atoms with van der Waals surface area (Å²) in [6, 6.07) is 7.47. The van der Waals surface area contributed by atoms with Gasteiger partial charge in [-0.25, -0.2) is 4.98 Å². The number of rotatable bonds is 5. The predicted octanol–water partition coefficient (Wildman–Crippen LogP) is 2.14. The highest BCUT2D eigenvalue weighted by molar-refractivity contribution is 7.13. The van der Waals surface area contributed by atoms with E-state index in [-0.39, 0.29) is 24.4 Å². The van der Waals surface area contributed by atoms with E-state index in [9.17, 15) is 9.59 Å². The van der Waals surface area contributed by atoms with Gasteiger partial charge in [-0.1, -0.05) is 23.7 Å². The van der Waals surface area contributed by atoms with Crippen molar-refractivity contribution in [1.29, 1.82) is 0 Å². The van der Waals surface area contributed by atoms with E-state index in [0.717, 1.165) is 36.5 Å². The Morgan fingerprint density at radius 2 is 1.96 bits per heavy atom. The molecule has 1 saturated heterocycles. The first kappa shape index (κ1) is 17.8. The lowest BCUT2D eigenvalue weighted by Gasteiger charge is -2.31. The molecule has 1 fully saturated rings. The highest BCUT2D eigenvalue weighted by Crippen LogP contribution is 2.25. The molecule has 1 aliphatic heterocycles. The molecule has 6 nitrogen and oxygen atoms in total. The van der Waals surface area contributed by atoms with Gasteiger partial charge in [0.15, 0.2) is 0 Å². The zero-order chi connectivity index (χ0) is 17.8. The number of hydrogen-bond acceptors (Lipinski definition) is 5. The van der Waals surface area contributed by atoms with Crippen LogP contribution in [0.15, 0.2) is 29.6 Å². The van der Waals surface area contributed by atoms with Crippen LogP contribution in [0.5, 0.6) is 0 Å². The fourth-order valence-electron chi connectivity index (χ4n) is 2.82. The van der Waals surface area contributed by atoms with Gasteiger partial charge in [0.2, 0.25) is 5.91 Å². The summed E-state index contributed by atoms with van der Waals surface area (Å²) in [5.41, 5.74) is 6.57. The van der Waals surface area contributed by atoms with Gasteiger partial charge >= 0.3 is 0 Å². The first-order valence-electron chi connectivity index (χ1n) is 8.04. The molecule has 0 radical (unpaired) electrons. The number of carbonyl (C=O) groups is 2. The summed E-state index contributed by atoms with van der Waals surface area (Å²) in [5, 5.41) is 6.25. The molecular weight excluding hydrogens is 360 g/mol. The topological polar surface area (TPSA) is 88.3 Å². The van der Waals surface area contributed by atoms with Crippen LogP contribution in [0.3, 0.4) is 0 Å². The van der Waals surface area contributed by atoms with Crippen LogP contribution in [0.25, 0.3) is 10.6 Å². The Kier molecular flexibility index (Phi) is 5.67. The number of benzene rings is 1. The minimum Gasteiger partial charge on any atom is -0.369 e. The van der Waals surface area contributed by atoms with Crippen LogP contribution in [-0.4, -0.2) is 47.4 Å². The summed E-state index contributed by atoms with van der Waals surface area (Å²) in [7, 11) is 0. The van der Waals surface area contributed by atoms with Crippen LogP contribution in [0, 0.1) is 0 Å². The predicted molar refractivity (Wildman–Crippen MR) is 98.7 cm³/mol. The summed E-state index contributed by atoms with van der Waals surface area (Å²) in [6.07, 6.45) is 1.60. The second kappa shape index (κ2) is 7.95. The molecule has 8 heteroatoms. The molecule has 1 aromatic heterocycles. The van der Waals surface area contributed by atoms with Crippen molar-refractivity contribution in [1.82, 2.24) is 15.2 Å². The highest BCUT2D eigenvalue weighted by Gasteiger charge is 2.22. The Morgan fingerprint density at radius 1 is 1.28 bits per heavy atom. The van der Waals surface area contributed by atoms with Gasteiger partial charge in [0, 0.05) is 35.1 Å². The number of carbonyl (C=O) groups excluding carboxylic acids is 2. The minimum absolute atomic E-state index is 0.0947. The molecule has 1 aliphatic rings. The lowest BCUT2D eigenvalue weighted by molar-refractivity contribution is -0.119. The number of amides is 2. The van der Waals surface area contributed by atoms with Crippen molar-refractivity contribution in [2.24, 2.45) is 5.73 Å². The second-order valence-corrected chi connectivity index (χ2v) is 7.33. The average Bonchev–Trinajstić information content (AvgIpc) is 3.07. The number of nitrogens with zero attached hydrogens (tertiary/aromatic N) is 2. The van der Waals surface area contributed by atoms with Crippen molar-refractivity contribution in [2.75, 3.05) is 19.6 Å². The molecular formula is C17H19ClN4O2S. The number of hydrogen-bond donors (Lipinski definition) is 2. The van der Waals surface area contributed by atoms with E-state index in [1.54, 1.807) is 17.5 Å². The van der Waals surface area contributed by atoms with Gasteiger partial charge < -0.3 is 11.1 Å². The summed E-state index contributed by atoms with van der Waals surface area (Å²) >= 11 is 7.32. The number of aromatic nitrogens is 1. The van der Waals surface area contributed by atoms with Gasteiger partial charge in [-0.2, -0.15) is 0 Å². The molecule has 132 valence electrons. The largest absolute Gasteiger partial charge is 0.369 e. The monoisotopic (exact) mass is 378 g/mol. The summed E-state index contributed by atoms with van der Waals surface area (Å²) < 4.78 is 0. The molecule has 2 aromatic rings. The van der Waals surface area contributed by atoms with Crippen LogP contribution < -0.4 is 11.1 Å². The zero-order valence-electron chi connectivity index (χ0n) is 13.6. The van der Waals surface area contributed by atoms with E-state index in [1.807, 2.05) is 17.0 Å². The molecule has 0 unspecified atom stereocenters. The van der Waals surface area contributed by atoms with E-state index in [0.29, 0.717) is 10.7 Å². The number of thiazole rings is 1. The Labute approximate surface area is 155 Å². The van der Waals surface area contributed by atoms with Crippen LogP contribution in [0.4, 0.5) is 0 Å². The first-order valence-corrected chi connectivity index (χ1v) is 9.30. The maximum absolute atomic E-state index is 12.4. The van der Waals surface area contributed by atoms with Gasteiger partial charge in [0.1, 0.15) is 10.7 Å². The Balaban J connectivity index is 1.56. The number of primary amides is 1. The second-order valence-electron chi connectivity index (χ2n) is 6.03. The van der Waals surface area contributed by atoms with Gasteiger partial charge in [0.05, 0.1) is 6.54 Å². The lowest BCUT2D eigenvalue weighted by atomic mass is 10.0. The maximum atomic E-state index is 12.4. The van der Waals surface area contributed by atoms with Crippen molar-refractivity contribution in [3.63, 3.8) is 0 Å². The fraction of sp³-hybridized carbons (Fsp3) is 0.353. The molecule has 3 rings (SSSR count). The Bertz CT molecular complexity index is 754. The van der Waals surface area contributed by atoms with E-state index in [2.05, 4.69) is 10.3 Å². The maximum Gasteiger partial charge on any atom is 0.270 e. The SMILES string of the molecule is NC(=O)CN1CCC(NC(=O)c2csc(-c3ccc(Cl)cc3)n2)CC1. The van der Waals surface area contributed by atoms with E-state index >= 15 is 0 Å². The van der Waals surface area contributed by atoms with Crippen molar-refractivity contribution in [3.8, 4) is 10.6 Å². The molecule has 0 atom stereocenters. The third kappa shape index (κ3) is 4.78. The van der Waals surface area contributed by atoms with Crippen LogP contribution >= 0.6 is 22.9 Å². The van der Waals surface area contributed by atoms with Crippen molar-refractivity contribution in [3.05, 3.63) is 40.4 Å². The number of nitrogens with two attached hydrogens (primary N) is 1. The molecule has 0 aliphatic carbocycles. The highest BCUT2D eigenvalue weighted by atomic mass is 35.5. The van der Waals surface area contributed by atoms with E-state index < -0.39 is 0 Å². The minimum atomic E-state index is -0.320. The fourth-order valence-corrected chi connectivity index (χ4v) is 3.75. The number of halogens is 1. The summed E-state index contributed by atoms with van der Waals surface area (Å²) in [5.74, 6) is -0.482. The Morgan fingerprint density at radius 3 is 2.60 bits per heavy atom. The van der Waals surface area contributed by atoms with Crippen LogP contribution in [-0.2, 0) is 4.79 Å². The third-order valence-electron chi connectivity index (χ3n) is 4.13. The van der Waals surface area contributed by atoms with Crippen molar-refractivity contribution < 1.29 is 9.59 Å². The molecule has 0 spiro atoms. The van der Waals surface area contributed by atoms with Crippen molar-refractivity contribution in [2.45, 2.75) is 18.9 Å². The summed E-state index contributed by atoms with van der Waals surface area (Å²) in [6.45, 7) is 1.78. The van der Waals surface area contributed by atoms with Crippen LogP contribution in [0.1, 0.15) is 23.3 Å². The molecule has 0 bridgehead atoms. The number of piperidine rings is 1. The van der Waals surface area contributed by atoms with Gasteiger partial charge in [0.25, 0.3) is 5.91 Å². The zero-order valence-corrected chi connectivity index (χ0v) is 15.1. The lowest BCUT2D eigenvalue weighted by Crippen LogP contribution is -2.46. The van der Waals surface area contributed by atoms with Gasteiger partial charge in [-0.05, 0) is 25.0 Å². The first-order chi connectivity index (χ1) is 12.0. The van der Waals surface area contributed by atoms with Crippen molar-refractivity contribution >= 4 is 34.8 Å². The quantitative estimate of drug-likeness (QED) is 0.834. The molecule has 3 N–H and O–H groups in total. The summed E-state index contributed by atoms with van der Waals surface area (Å²) in [4.78, 5) is 29.8. The van der Waals surface area contributed by atoms with E-state index in [4.69, 9.17) is 17.3 Å². The molecule has 1 aromatic carbocycles. The van der Waals surface area contributed by atoms with Crippen LogP contribution in [0.2, 0.25) is 5.02 Å². The smallest absolute Gasteiger partial charge is 0.270 e. The standard InChI is InChI=1S/C17H19ClN4O2S/c18-12-3-1-11(2-4-12)17-21-14(10-25-17)16(24)20-13-5-7-22(8-6-13)9-15(19)23/h1-4,10,13H,5-9H2,(H2,19,23)(H,20,24). The molecule has 2 heterocycles. The Hall–Kier alpha value is -1.96. The van der Waals surface area contributed by atoms with E-state index in [1.165, 1.54) is 11.3 Å². The normalized spacial score (nSPS) is 15.9. The molecule has 25 heavy (non-hydrogen) atoms. The van der Waals surface area contributed by atoms with Gasteiger partial charge in [-0.15, -0.1) is 11.3 Å². The van der Waals surface area contributed by atoms with Gasteiger partial charge in [-0.3, -0.25) is 14.5 Å². The average molecular weight is 379 g/mol. The number of nitrogens with one attached hydrogen (secondary N) is 1. The molecule has 0 saturated carbocycles. The number of likely N-dealkylation sites (tertiary alicyclic amines) is 1. The molecule has 2 amide bonds.